The lowest BCUT2D eigenvalue weighted by Gasteiger charge is -2.17. The third-order valence-electron chi connectivity index (χ3n) is 3.04. The Labute approximate surface area is 127 Å². The monoisotopic (exact) mass is 338 g/mol. The first-order chi connectivity index (χ1) is 9.24. The van der Waals surface area contributed by atoms with Crippen molar-refractivity contribution in [3.05, 3.63) is 50.4 Å². The van der Waals surface area contributed by atoms with Crippen molar-refractivity contribution in [3.63, 3.8) is 0 Å². The second-order valence-electron chi connectivity index (χ2n) is 4.41. The molecule has 2 rings (SSSR count). The normalized spacial score (nSPS) is 12.6. The van der Waals surface area contributed by atoms with E-state index in [4.69, 9.17) is 0 Å². The standard InChI is InChI=1S/C15H19BrN2S/c1-3-11-7-8-12(19-11)10-14(17-4-2)15-13(16)6-5-9-18-15/h5-9,14,17H,3-4,10H2,1-2H3. The van der Waals surface area contributed by atoms with Gasteiger partial charge in [0, 0.05) is 26.8 Å². The van der Waals surface area contributed by atoms with E-state index in [-0.39, 0.29) is 6.04 Å². The van der Waals surface area contributed by atoms with Crippen molar-refractivity contribution in [1.82, 2.24) is 10.3 Å². The Balaban J connectivity index is 2.18. The van der Waals surface area contributed by atoms with E-state index in [2.05, 4.69) is 58.3 Å². The summed E-state index contributed by atoms with van der Waals surface area (Å²) in [5.74, 6) is 0. The number of hydrogen-bond donors (Lipinski definition) is 1. The number of halogens is 1. The minimum absolute atomic E-state index is 0.268. The maximum absolute atomic E-state index is 4.52. The molecule has 0 aliphatic rings. The summed E-state index contributed by atoms with van der Waals surface area (Å²) in [6.45, 7) is 5.28. The maximum atomic E-state index is 4.52. The van der Waals surface area contributed by atoms with Crippen LogP contribution >= 0.6 is 27.3 Å². The minimum Gasteiger partial charge on any atom is -0.309 e. The number of hydrogen-bond acceptors (Lipinski definition) is 3. The molecule has 102 valence electrons. The number of aryl methyl sites for hydroxylation is 1. The molecule has 1 unspecified atom stereocenters. The zero-order valence-electron chi connectivity index (χ0n) is 11.3. The van der Waals surface area contributed by atoms with Gasteiger partial charge in [-0.25, -0.2) is 0 Å². The molecule has 0 saturated heterocycles. The molecular formula is C15H19BrN2S. The van der Waals surface area contributed by atoms with E-state index < -0.39 is 0 Å². The molecule has 19 heavy (non-hydrogen) atoms. The van der Waals surface area contributed by atoms with Gasteiger partial charge < -0.3 is 5.32 Å². The van der Waals surface area contributed by atoms with Gasteiger partial charge in [-0.3, -0.25) is 4.98 Å². The highest BCUT2D eigenvalue weighted by Gasteiger charge is 2.16. The molecule has 0 saturated carbocycles. The quantitative estimate of drug-likeness (QED) is 0.846. The Bertz CT molecular complexity index is 524. The molecule has 2 heterocycles. The van der Waals surface area contributed by atoms with Crippen LogP contribution in [0.2, 0.25) is 0 Å². The van der Waals surface area contributed by atoms with Crippen LogP contribution in [0.5, 0.6) is 0 Å². The number of thiophene rings is 1. The molecule has 0 spiro atoms. The topological polar surface area (TPSA) is 24.9 Å². The van der Waals surface area contributed by atoms with E-state index in [1.165, 1.54) is 9.75 Å². The van der Waals surface area contributed by atoms with Crippen molar-refractivity contribution in [2.24, 2.45) is 0 Å². The first kappa shape index (κ1) is 14.7. The van der Waals surface area contributed by atoms with E-state index in [9.17, 15) is 0 Å². The Hall–Kier alpha value is -0.710. The molecule has 2 aromatic heterocycles. The van der Waals surface area contributed by atoms with Gasteiger partial charge in [0.25, 0.3) is 0 Å². The molecule has 2 aromatic rings. The van der Waals surface area contributed by atoms with Crippen LogP contribution in [-0.4, -0.2) is 11.5 Å². The highest BCUT2D eigenvalue weighted by molar-refractivity contribution is 9.10. The molecule has 1 N–H and O–H groups in total. The zero-order valence-corrected chi connectivity index (χ0v) is 13.7. The maximum Gasteiger partial charge on any atom is 0.0718 e. The van der Waals surface area contributed by atoms with Gasteiger partial charge in [0.15, 0.2) is 0 Å². The van der Waals surface area contributed by atoms with Crippen LogP contribution in [0, 0.1) is 0 Å². The van der Waals surface area contributed by atoms with Gasteiger partial charge in [-0.1, -0.05) is 13.8 Å². The molecule has 1 atom stereocenters. The van der Waals surface area contributed by atoms with Crippen LogP contribution in [0.4, 0.5) is 0 Å². The first-order valence-electron chi connectivity index (χ1n) is 6.66. The van der Waals surface area contributed by atoms with E-state index in [0.717, 1.165) is 29.6 Å². The van der Waals surface area contributed by atoms with E-state index >= 15 is 0 Å². The SMILES string of the molecule is CCNC(Cc1ccc(CC)s1)c1ncccc1Br. The highest BCUT2D eigenvalue weighted by Crippen LogP contribution is 2.27. The molecule has 0 aliphatic carbocycles. The third-order valence-corrected chi connectivity index (χ3v) is 4.96. The van der Waals surface area contributed by atoms with Gasteiger partial charge in [0.05, 0.1) is 11.7 Å². The summed E-state index contributed by atoms with van der Waals surface area (Å²) < 4.78 is 1.08. The summed E-state index contributed by atoms with van der Waals surface area (Å²) in [4.78, 5) is 7.38. The average molecular weight is 339 g/mol. The van der Waals surface area contributed by atoms with Gasteiger partial charge in [-0.2, -0.15) is 0 Å². The Kier molecular flexibility index (Phi) is 5.55. The number of likely N-dealkylation sites (N-methyl/N-ethyl adjacent to an activating group) is 1. The first-order valence-corrected chi connectivity index (χ1v) is 8.27. The molecule has 0 fully saturated rings. The largest absolute Gasteiger partial charge is 0.309 e. The second kappa shape index (κ2) is 7.17. The molecule has 0 bridgehead atoms. The van der Waals surface area contributed by atoms with Crippen LogP contribution < -0.4 is 5.32 Å². The highest BCUT2D eigenvalue weighted by atomic mass is 79.9. The van der Waals surface area contributed by atoms with Crippen molar-refractivity contribution in [3.8, 4) is 0 Å². The summed E-state index contributed by atoms with van der Waals surface area (Å²) in [5.41, 5.74) is 1.09. The van der Waals surface area contributed by atoms with Crippen molar-refractivity contribution >= 4 is 27.3 Å². The Morgan fingerprint density at radius 3 is 2.68 bits per heavy atom. The molecule has 0 aromatic carbocycles. The van der Waals surface area contributed by atoms with Gasteiger partial charge >= 0.3 is 0 Å². The fourth-order valence-corrected chi connectivity index (χ4v) is 3.62. The lowest BCUT2D eigenvalue weighted by Crippen LogP contribution is -2.24. The Morgan fingerprint density at radius 1 is 1.26 bits per heavy atom. The van der Waals surface area contributed by atoms with E-state index in [1.807, 2.05) is 23.6 Å². The Morgan fingerprint density at radius 2 is 2.05 bits per heavy atom. The predicted octanol–water partition coefficient (Wildman–Crippen LogP) is 4.36. The van der Waals surface area contributed by atoms with E-state index in [1.54, 1.807) is 0 Å². The lowest BCUT2D eigenvalue weighted by molar-refractivity contribution is 0.538. The van der Waals surface area contributed by atoms with Gasteiger partial charge in [-0.05, 0) is 53.2 Å². The summed E-state index contributed by atoms with van der Waals surface area (Å²) in [6, 6.07) is 8.75. The summed E-state index contributed by atoms with van der Waals surface area (Å²) in [6.07, 6.45) is 3.97. The molecular weight excluding hydrogens is 320 g/mol. The van der Waals surface area contributed by atoms with Crippen molar-refractivity contribution in [1.29, 1.82) is 0 Å². The number of rotatable bonds is 6. The van der Waals surface area contributed by atoms with Crippen molar-refractivity contribution in [2.75, 3.05) is 6.54 Å². The molecule has 0 aliphatic heterocycles. The summed E-state index contributed by atoms with van der Waals surface area (Å²) >= 11 is 5.50. The second-order valence-corrected chi connectivity index (χ2v) is 6.51. The van der Waals surface area contributed by atoms with Gasteiger partial charge in [0.1, 0.15) is 0 Å². The smallest absolute Gasteiger partial charge is 0.0718 e. The summed E-state index contributed by atoms with van der Waals surface area (Å²) in [5, 5.41) is 3.53. The lowest BCUT2D eigenvalue weighted by atomic mass is 10.1. The van der Waals surface area contributed by atoms with Crippen LogP contribution in [0.25, 0.3) is 0 Å². The van der Waals surface area contributed by atoms with E-state index in [0.29, 0.717) is 0 Å². The van der Waals surface area contributed by atoms with Crippen molar-refractivity contribution < 1.29 is 0 Å². The fraction of sp³-hybridized carbons (Fsp3) is 0.400. The van der Waals surface area contributed by atoms with Gasteiger partial charge in [-0.15, -0.1) is 11.3 Å². The molecule has 0 radical (unpaired) electrons. The molecule has 2 nitrogen and oxygen atoms in total. The van der Waals surface area contributed by atoms with Crippen molar-refractivity contribution in [2.45, 2.75) is 32.7 Å². The van der Waals surface area contributed by atoms with Crippen LogP contribution in [0.15, 0.2) is 34.9 Å². The van der Waals surface area contributed by atoms with Crippen LogP contribution in [0.1, 0.15) is 35.3 Å². The number of pyridine rings is 1. The third kappa shape index (κ3) is 3.88. The minimum atomic E-state index is 0.268. The number of nitrogens with one attached hydrogen (secondary N) is 1. The van der Waals surface area contributed by atoms with Crippen LogP contribution in [0.3, 0.4) is 0 Å². The molecule has 4 heteroatoms. The zero-order chi connectivity index (χ0) is 13.7. The number of aromatic nitrogens is 1. The summed E-state index contributed by atoms with van der Waals surface area (Å²) in [7, 11) is 0. The molecule has 0 amide bonds. The predicted molar refractivity (Wildman–Crippen MR) is 85.8 cm³/mol. The van der Waals surface area contributed by atoms with Gasteiger partial charge in [0.2, 0.25) is 0 Å². The average Bonchev–Trinajstić information content (AvgIpc) is 2.87. The fourth-order valence-electron chi connectivity index (χ4n) is 2.09. The number of nitrogens with zero attached hydrogens (tertiary/aromatic N) is 1. The van der Waals surface area contributed by atoms with Crippen LogP contribution in [-0.2, 0) is 12.8 Å².